The second-order valence-corrected chi connectivity index (χ2v) is 4.82. The Balaban J connectivity index is 2.43. The lowest BCUT2D eigenvalue weighted by molar-refractivity contribution is -0.384. The number of nitrogens with zero attached hydrogens (tertiary/aromatic N) is 2. The molecule has 16 heavy (non-hydrogen) atoms. The van der Waals surface area contributed by atoms with E-state index in [2.05, 4.69) is 0 Å². The molecule has 5 heteroatoms. The molecule has 0 radical (unpaired) electrons. The summed E-state index contributed by atoms with van der Waals surface area (Å²) in [6.07, 6.45) is 2.01. The highest BCUT2D eigenvalue weighted by molar-refractivity contribution is 7.99. The van der Waals surface area contributed by atoms with Gasteiger partial charge in [-0.3, -0.25) is 10.1 Å². The first-order chi connectivity index (χ1) is 7.58. The third-order valence-electron chi connectivity index (χ3n) is 2.48. The molecule has 0 saturated carbocycles. The maximum atomic E-state index is 10.7. The Morgan fingerprint density at radius 3 is 2.81 bits per heavy atom. The quantitative estimate of drug-likeness (QED) is 0.585. The molecule has 0 bridgehead atoms. The third-order valence-corrected chi connectivity index (χ3v) is 3.60. The van der Waals surface area contributed by atoms with Crippen molar-refractivity contribution in [1.29, 1.82) is 0 Å². The van der Waals surface area contributed by atoms with E-state index < -0.39 is 0 Å². The summed E-state index contributed by atoms with van der Waals surface area (Å²) in [6, 6.07) is 5.01. The first-order valence-electron chi connectivity index (χ1n) is 4.87. The third kappa shape index (κ3) is 2.04. The highest BCUT2D eigenvalue weighted by Crippen LogP contribution is 2.34. The minimum absolute atomic E-state index is 0.149. The molecule has 0 unspecified atom stereocenters. The first-order valence-corrected chi connectivity index (χ1v) is 5.85. The smallest absolute Gasteiger partial charge is 0.270 e. The van der Waals surface area contributed by atoms with Crippen molar-refractivity contribution in [3.63, 3.8) is 0 Å². The second-order valence-electron chi connectivity index (χ2n) is 3.80. The van der Waals surface area contributed by atoms with Crippen molar-refractivity contribution in [2.75, 3.05) is 19.8 Å². The minimum Gasteiger partial charge on any atom is -0.380 e. The van der Waals surface area contributed by atoms with Crippen LogP contribution in [0.2, 0.25) is 0 Å². The zero-order valence-corrected chi connectivity index (χ0v) is 9.95. The largest absolute Gasteiger partial charge is 0.380 e. The van der Waals surface area contributed by atoms with Gasteiger partial charge in [-0.2, -0.15) is 0 Å². The topological polar surface area (TPSA) is 46.4 Å². The number of hydrogen-bond acceptors (Lipinski definition) is 4. The highest BCUT2D eigenvalue weighted by atomic mass is 32.2. The summed E-state index contributed by atoms with van der Waals surface area (Å²) in [5.41, 5.74) is 2.27. The summed E-state index contributed by atoms with van der Waals surface area (Å²) in [4.78, 5) is 13.5. The van der Waals surface area contributed by atoms with E-state index >= 15 is 0 Å². The van der Waals surface area contributed by atoms with Crippen LogP contribution >= 0.6 is 11.8 Å². The van der Waals surface area contributed by atoms with Gasteiger partial charge in [0.25, 0.3) is 5.69 Å². The first kappa shape index (κ1) is 11.0. The van der Waals surface area contributed by atoms with Gasteiger partial charge < -0.3 is 4.90 Å². The van der Waals surface area contributed by atoms with Gasteiger partial charge in [0, 0.05) is 42.6 Å². The predicted octanol–water partition coefficient (Wildman–Crippen LogP) is 2.60. The van der Waals surface area contributed by atoms with Crippen molar-refractivity contribution in [3.05, 3.63) is 39.6 Å². The van der Waals surface area contributed by atoms with Crippen LogP contribution in [0.3, 0.4) is 0 Å². The van der Waals surface area contributed by atoms with E-state index in [1.807, 2.05) is 31.1 Å². The molecule has 0 amide bonds. The lowest BCUT2D eigenvalue weighted by Crippen LogP contribution is -2.14. The van der Waals surface area contributed by atoms with Gasteiger partial charge in [-0.05, 0) is 17.7 Å². The summed E-state index contributed by atoms with van der Waals surface area (Å²) in [5.74, 6) is 0.914. The fourth-order valence-electron chi connectivity index (χ4n) is 1.52. The van der Waals surface area contributed by atoms with Crippen molar-refractivity contribution < 1.29 is 4.92 Å². The van der Waals surface area contributed by atoms with Gasteiger partial charge in [0.1, 0.15) is 0 Å². The molecule has 0 aliphatic carbocycles. The molecule has 4 nitrogen and oxygen atoms in total. The van der Waals surface area contributed by atoms with Gasteiger partial charge in [0.05, 0.1) is 4.92 Å². The van der Waals surface area contributed by atoms with Crippen molar-refractivity contribution >= 4 is 23.5 Å². The Bertz CT molecular complexity index is 469. The van der Waals surface area contributed by atoms with Crippen LogP contribution in [0, 0.1) is 10.1 Å². The fraction of sp³-hybridized carbons (Fsp3) is 0.273. The summed E-state index contributed by atoms with van der Waals surface area (Å²) in [6.45, 7) is 0. The number of nitro groups is 1. The van der Waals surface area contributed by atoms with E-state index in [0.29, 0.717) is 0 Å². The molecule has 1 aliphatic heterocycles. The number of nitro benzene ring substituents is 1. The summed E-state index contributed by atoms with van der Waals surface area (Å²) in [7, 11) is 3.96. The molecular weight excluding hydrogens is 224 g/mol. The van der Waals surface area contributed by atoms with E-state index in [-0.39, 0.29) is 10.6 Å². The Kier molecular flexibility index (Phi) is 2.87. The molecule has 1 heterocycles. The molecule has 0 spiro atoms. The maximum absolute atomic E-state index is 10.7. The van der Waals surface area contributed by atoms with Gasteiger partial charge in [0.2, 0.25) is 0 Å². The number of rotatable bonds is 2. The number of benzene rings is 1. The molecule has 84 valence electrons. The van der Waals surface area contributed by atoms with E-state index in [9.17, 15) is 10.1 Å². The molecule has 0 fully saturated rings. The average molecular weight is 236 g/mol. The Hall–Kier alpha value is -1.49. The molecule has 2 rings (SSSR count). The van der Waals surface area contributed by atoms with Gasteiger partial charge in [-0.25, -0.2) is 0 Å². The van der Waals surface area contributed by atoms with Gasteiger partial charge in [-0.1, -0.05) is 0 Å². The second kappa shape index (κ2) is 4.17. The SMILES string of the molecule is CN(C)C1=Cc2cc([N+](=O)[O-])ccc2SC1. The fourth-order valence-corrected chi connectivity index (χ4v) is 2.62. The van der Waals surface area contributed by atoms with Crippen molar-refractivity contribution in [3.8, 4) is 0 Å². The van der Waals surface area contributed by atoms with Crippen LogP contribution in [0.25, 0.3) is 6.08 Å². The lowest BCUT2D eigenvalue weighted by Gasteiger charge is -2.21. The van der Waals surface area contributed by atoms with Crippen LogP contribution in [-0.4, -0.2) is 29.7 Å². The molecule has 1 aromatic carbocycles. The van der Waals surface area contributed by atoms with Crippen molar-refractivity contribution in [2.45, 2.75) is 4.90 Å². The van der Waals surface area contributed by atoms with E-state index in [1.54, 1.807) is 23.9 Å². The summed E-state index contributed by atoms with van der Waals surface area (Å²) in [5, 5.41) is 10.7. The minimum atomic E-state index is -0.358. The molecule has 0 saturated heterocycles. The molecule has 1 aliphatic rings. The molecule has 0 atom stereocenters. The Labute approximate surface area is 98.1 Å². The monoisotopic (exact) mass is 236 g/mol. The van der Waals surface area contributed by atoms with Gasteiger partial charge >= 0.3 is 0 Å². The lowest BCUT2D eigenvalue weighted by atomic mass is 10.1. The molecule has 0 N–H and O–H groups in total. The average Bonchev–Trinajstić information content (AvgIpc) is 2.27. The van der Waals surface area contributed by atoms with Crippen LogP contribution in [0.15, 0.2) is 28.8 Å². The van der Waals surface area contributed by atoms with Crippen molar-refractivity contribution in [1.82, 2.24) is 4.90 Å². The van der Waals surface area contributed by atoms with E-state index in [1.165, 1.54) is 5.70 Å². The predicted molar refractivity (Wildman–Crippen MR) is 65.5 cm³/mol. The van der Waals surface area contributed by atoms with Crippen LogP contribution < -0.4 is 0 Å². The van der Waals surface area contributed by atoms with E-state index in [4.69, 9.17) is 0 Å². The Morgan fingerprint density at radius 2 is 2.19 bits per heavy atom. The van der Waals surface area contributed by atoms with Crippen LogP contribution in [-0.2, 0) is 0 Å². The molecular formula is C11H12N2O2S. The highest BCUT2D eigenvalue weighted by Gasteiger charge is 2.15. The number of fused-ring (bicyclic) bond motifs is 1. The van der Waals surface area contributed by atoms with Gasteiger partial charge in [0.15, 0.2) is 0 Å². The summed E-state index contributed by atoms with van der Waals surface area (Å²) >= 11 is 1.71. The Morgan fingerprint density at radius 1 is 1.44 bits per heavy atom. The van der Waals surface area contributed by atoms with Crippen molar-refractivity contribution in [2.24, 2.45) is 0 Å². The molecule has 0 aromatic heterocycles. The summed E-state index contributed by atoms with van der Waals surface area (Å²) < 4.78 is 0. The normalized spacial score (nSPS) is 14.0. The van der Waals surface area contributed by atoms with Crippen LogP contribution in [0.5, 0.6) is 0 Å². The van der Waals surface area contributed by atoms with Crippen LogP contribution in [0.1, 0.15) is 5.56 Å². The van der Waals surface area contributed by atoms with E-state index in [0.717, 1.165) is 16.2 Å². The van der Waals surface area contributed by atoms with Gasteiger partial charge in [-0.15, -0.1) is 11.8 Å². The number of hydrogen-bond donors (Lipinski definition) is 0. The number of non-ortho nitro benzene ring substituents is 1. The standard InChI is InChI=1S/C11H12N2O2S/c1-12(2)10-6-8-5-9(13(14)15)3-4-11(8)16-7-10/h3-6H,7H2,1-2H3. The van der Waals surface area contributed by atoms with Crippen LogP contribution in [0.4, 0.5) is 5.69 Å². The maximum Gasteiger partial charge on any atom is 0.270 e. The zero-order valence-electron chi connectivity index (χ0n) is 9.14. The number of thioether (sulfide) groups is 1. The molecule has 1 aromatic rings. The zero-order chi connectivity index (χ0) is 11.7.